The van der Waals surface area contributed by atoms with E-state index in [1.807, 2.05) is 33.9 Å². The molecule has 1 N–H and O–H groups in total. The van der Waals surface area contributed by atoms with Crippen LogP contribution in [-0.2, 0) is 31.6 Å². The van der Waals surface area contributed by atoms with Gasteiger partial charge in [-0.05, 0) is 59.8 Å². The van der Waals surface area contributed by atoms with Crippen LogP contribution < -0.4 is 0 Å². The summed E-state index contributed by atoms with van der Waals surface area (Å²) in [6.07, 6.45) is -2.04. The second kappa shape index (κ2) is 13.0. The predicted octanol–water partition coefficient (Wildman–Crippen LogP) is 6.57. The lowest BCUT2D eigenvalue weighted by Gasteiger charge is -2.36. The molecule has 0 aliphatic carbocycles. The van der Waals surface area contributed by atoms with Crippen LogP contribution in [0.2, 0.25) is 23.2 Å². The molecule has 4 atom stereocenters. The number of hydrogen-bond donors (Lipinski definition) is 1. The van der Waals surface area contributed by atoms with Gasteiger partial charge < -0.3 is 19.2 Å². The smallest absolute Gasteiger partial charge is 0.436 e. The molecular formula is C32H33ClF5N5O5Si. The number of aromatic nitrogens is 4. The number of carboxylic acids is 1. The molecule has 1 saturated heterocycles. The van der Waals surface area contributed by atoms with Crippen molar-refractivity contribution < 1.29 is 45.9 Å². The van der Waals surface area contributed by atoms with E-state index in [9.17, 15) is 32.7 Å². The van der Waals surface area contributed by atoms with E-state index in [2.05, 4.69) is 15.3 Å². The summed E-state index contributed by atoms with van der Waals surface area (Å²) < 4.78 is 78.9. The molecule has 262 valence electrons. The van der Waals surface area contributed by atoms with Crippen LogP contribution in [0.4, 0.5) is 22.0 Å². The monoisotopic (exact) mass is 725 g/mol. The highest BCUT2D eigenvalue weighted by molar-refractivity contribution is 6.74. The van der Waals surface area contributed by atoms with Gasteiger partial charge in [0, 0.05) is 36.2 Å². The zero-order valence-corrected chi connectivity index (χ0v) is 28.8. The summed E-state index contributed by atoms with van der Waals surface area (Å²) in [7, 11) is -2.35. The second-order valence-corrected chi connectivity index (χ2v) is 18.8. The fourth-order valence-corrected chi connectivity index (χ4v) is 7.34. The van der Waals surface area contributed by atoms with Crippen molar-refractivity contribution in [1.82, 2.24) is 24.9 Å². The van der Waals surface area contributed by atoms with Crippen molar-refractivity contribution in [3.63, 3.8) is 0 Å². The van der Waals surface area contributed by atoms with Crippen LogP contribution in [0, 0.1) is 17.6 Å². The minimum Gasteiger partial charge on any atom is -0.480 e. The molecule has 3 unspecified atom stereocenters. The Labute approximate surface area is 284 Å². The number of carboxylic acid groups (broad SMARTS) is 1. The molecule has 0 radical (unpaired) electrons. The van der Waals surface area contributed by atoms with Crippen molar-refractivity contribution in [2.24, 2.45) is 5.92 Å². The number of nitrogens with zero attached hydrogens (tertiary/aromatic N) is 5. The topological polar surface area (TPSA) is 128 Å². The van der Waals surface area contributed by atoms with E-state index in [1.165, 1.54) is 18.3 Å². The van der Waals surface area contributed by atoms with Gasteiger partial charge in [0.25, 0.3) is 0 Å². The first kappa shape index (κ1) is 36.3. The van der Waals surface area contributed by atoms with E-state index in [0.717, 1.165) is 17.0 Å². The highest BCUT2D eigenvalue weighted by Gasteiger charge is 2.56. The molecule has 1 amide bonds. The van der Waals surface area contributed by atoms with Gasteiger partial charge in [-0.3, -0.25) is 9.78 Å². The molecule has 17 heteroatoms. The van der Waals surface area contributed by atoms with E-state index in [0.29, 0.717) is 17.2 Å². The number of aldehydes is 1. The number of aliphatic carboxylic acids is 1. The quantitative estimate of drug-likeness (QED) is 0.149. The van der Waals surface area contributed by atoms with Crippen LogP contribution in [0.1, 0.15) is 62.0 Å². The number of fused-ring (bicyclic) bond motifs is 1. The Bertz CT molecular complexity index is 1840. The average Bonchev–Trinajstić information content (AvgIpc) is 3.62. The molecule has 1 fully saturated rings. The van der Waals surface area contributed by atoms with Crippen LogP contribution in [0.25, 0.3) is 11.3 Å². The van der Waals surface area contributed by atoms with Crippen molar-refractivity contribution in [3.8, 4) is 5.69 Å². The highest BCUT2D eigenvalue weighted by atomic mass is 35.5. The number of carbonyl (C=O) groups is 3. The van der Waals surface area contributed by atoms with E-state index in [-0.39, 0.29) is 52.6 Å². The Kier molecular flexibility index (Phi) is 9.64. The maximum atomic E-state index is 16.3. The Morgan fingerprint density at radius 2 is 1.86 bits per heavy atom. The van der Waals surface area contributed by atoms with Crippen molar-refractivity contribution >= 4 is 43.7 Å². The van der Waals surface area contributed by atoms with E-state index in [1.54, 1.807) is 0 Å². The van der Waals surface area contributed by atoms with E-state index >= 15 is 8.78 Å². The molecule has 2 aliphatic heterocycles. The molecule has 2 aliphatic rings. The standard InChI is InChI=1S/C32H33ClF5N5O5Si/c1-31(2,3)49(4,5)48-15-20-27(34)18(8-10-39-20)26-17(9-11-44)22-12-16(13-24(45)43(22)29(26)30(46)47)25-21(7-6-19(33)28(25)35)42-14-23(40-41-42)32(36,37)38/h6-8,10-11,13-14,17,22,26,29H,9,12,15H2,1-5H3,(H,46,47)/t17?,22?,26?,29-/m0/s1. The summed E-state index contributed by atoms with van der Waals surface area (Å²) >= 11 is 6.07. The molecule has 0 saturated carbocycles. The van der Waals surface area contributed by atoms with E-state index in [4.69, 9.17) is 16.0 Å². The van der Waals surface area contributed by atoms with Gasteiger partial charge in [-0.15, -0.1) is 5.10 Å². The molecule has 10 nitrogen and oxygen atoms in total. The van der Waals surface area contributed by atoms with Gasteiger partial charge in [0.1, 0.15) is 18.0 Å². The van der Waals surface area contributed by atoms with Crippen LogP contribution in [0.5, 0.6) is 0 Å². The van der Waals surface area contributed by atoms with Crippen molar-refractivity contribution in [1.29, 1.82) is 0 Å². The Morgan fingerprint density at radius 3 is 2.45 bits per heavy atom. The normalized spacial score (nSPS) is 21.5. The zero-order valence-electron chi connectivity index (χ0n) is 27.1. The number of alkyl halides is 3. The third-order valence-electron chi connectivity index (χ3n) is 9.71. The maximum Gasteiger partial charge on any atom is 0.436 e. The number of pyridine rings is 1. The predicted molar refractivity (Wildman–Crippen MR) is 169 cm³/mol. The first-order valence-electron chi connectivity index (χ1n) is 15.2. The second-order valence-electron chi connectivity index (χ2n) is 13.6. The Balaban J connectivity index is 1.58. The zero-order chi connectivity index (χ0) is 36.2. The molecule has 2 aromatic heterocycles. The lowest BCUT2D eigenvalue weighted by atomic mass is 9.78. The van der Waals surface area contributed by atoms with Gasteiger partial charge in [-0.2, -0.15) is 13.2 Å². The Morgan fingerprint density at radius 1 is 1.16 bits per heavy atom. The lowest BCUT2D eigenvalue weighted by molar-refractivity contribution is -0.148. The molecule has 5 rings (SSSR count). The minimum absolute atomic E-state index is 0.0374. The third kappa shape index (κ3) is 6.65. The fraction of sp³-hybridized carbons (Fsp3) is 0.438. The molecule has 4 heterocycles. The average molecular weight is 726 g/mol. The van der Waals surface area contributed by atoms with Gasteiger partial charge in [0.05, 0.1) is 23.5 Å². The summed E-state index contributed by atoms with van der Waals surface area (Å²) in [4.78, 5) is 43.8. The van der Waals surface area contributed by atoms with Gasteiger partial charge in [0.15, 0.2) is 25.6 Å². The van der Waals surface area contributed by atoms with Gasteiger partial charge in [0.2, 0.25) is 5.91 Å². The molecule has 3 aromatic rings. The highest BCUT2D eigenvalue weighted by Crippen LogP contribution is 2.50. The fourth-order valence-electron chi connectivity index (χ4n) is 6.26. The van der Waals surface area contributed by atoms with Crippen molar-refractivity contribution in [2.45, 2.75) is 82.5 Å². The molecular weight excluding hydrogens is 693 g/mol. The van der Waals surface area contributed by atoms with Gasteiger partial charge >= 0.3 is 12.1 Å². The summed E-state index contributed by atoms with van der Waals surface area (Å²) in [5.74, 6) is -6.44. The number of rotatable bonds is 9. The van der Waals surface area contributed by atoms with Crippen LogP contribution in [-0.4, -0.2) is 68.5 Å². The summed E-state index contributed by atoms with van der Waals surface area (Å²) in [6.45, 7) is 9.81. The molecule has 0 spiro atoms. The maximum absolute atomic E-state index is 16.3. The number of carbonyl (C=O) groups excluding carboxylic acids is 2. The van der Waals surface area contributed by atoms with Crippen LogP contribution in [0.3, 0.4) is 0 Å². The molecule has 0 bridgehead atoms. The minimum atomic E-state index is -4.85. The van der Waals surface area contributed by atoms with Crippen molar-refractivity contribution in [3.05, 3.63) is 75.8 Å². The number of hydrogen-bond acceptors (Lipinski definition) is 7. The van der Waals surface area contributed by atoms with Crippen molar-refractivity contribution in [2.75, 3.05) is 0 Å². The summed E-state index contributed by atoms with van der Waals surface area (Å²) in [5, 5.41) is 16.4. The third-order valence-corrected chi connectivity index (χ3v) is 14.5. The number of amides is 1. The summed E-state index contributed by atoms with van der Waals surface area (Å²) in [5.41, 5.74) is -2.12. The molecule has 1 aromatic carbocycles. The van der Waals surface area contributed by atoms with Gasteiger partial charge in [-0.1, -0.05) is 37.6 Å². The van der Waals surface area contributed by atoms with Crippen LogP contribution >= 0.6 is 11.6 Å². The van der Waals surface area contributed by atoms with Gasteiger partial charge in [-0.25, -0.2) is 18.3 Å². The largest absolute Gasteiger partial charge is 0.480 e. The van der Waals surface area contributed by atoms with E-state index < -0.39 is 72.6 Å². The molecule has 49 heavy (non-hydrogen) atoms. The Hall–Kier alpha value is -4.02. The lowest BCUT2D eigenvalue weighted by Crippen LogP contribution is -2.47. The SMILES string of the molecule is CC(C)(C)[Si](C)(C)OCc1nccc(C2C(CC=O)C3CC(c4c(-n5cc(C(F)(F)F)nn5)ccc(Cl)c4F)=CC(=O)N3[C@@H]2C(=O)O)c1F. The van der Waals surface area contributed by atoms with Crippen LogP contribution in [0.15, 0.2) is 36.7 Å². The first-order chi connectivity index (χ1) is 22.8. The first-order valence-corrected chi connectivity index (χ1v) is 18.5. The number of halogens is 6. The number of benzene rings is 1. The summed E-state index contributed by atoms with van der Waals surface area (Å²) in [6, 6.07) is 0.921.